The molecule has 4 nitrogen and oxygen atoms in total. The fraction of sp³-hybridized carbons (Fsp3) is 0.667. The van der Waals surface area contributed by atoms with Crippen molar-refractivity contribution in [3.05, 3.63) is 12.3 Å². The van der Waals surface area contributed by atoms with Gasteiger partial charge in [0.2, 0.25) is 5.91 Å². The van der Waals surface area contributed by atoms with Crippen molar-refractivity contribution in [3.8, 4) is 0 Å². The molecule has 0 aliphatic rings. The van der Waals surface area contributed by atoms with Gasteiger partial charge in [-0.3, -0.25) is 4.79 Å². The lowest BCUT2D eigenvalue weighted by molar-refractivity contribution is -0.120. The van der Waals surface area contributed by atoms with Gasteiger partial charge in [0.15, 0.2) is 0 Å². The monoisotopic (exact) mass is 185 g/mol. The van der Waals surface area contributed by atoms with Gasteiger partial charge in [-0.1, -0.05) is 20.4 Å². The van der Waals surface area contributed by atoms with E-state index < -0.39 is 5.54 Å². The molecule has 1 unspecified atom stereocenters. The Kier molecular flexibility index (Phi) is 3.94. The molecule has 1 amide bonds. The first-order valence-corrected chi connectivity index (χ1v) is 4.30. The van der Waals surface area contributed by atoms with Crippen LogP contribution in [0.25, 0.3) is 0 Å². The van der Waals surface area contributed by atoms with Gasteiger partial charge >= 0.3 is 0 Å². The topological polar surface area (TPSA) is 81.1 Å². The molecular weight excluding hydrogens is 166 g/mol. The highest BCUT2D eigenvalue weighted by atomic mass is 16.1. The van der Waals surface area contributed by atoms with Crippen molar-refractivity contribution >= 4 is 5.91 Å². The van der Waals surface area contributed by atoms with Crippen LogP contribution in [0.5, 0.6) is 0 Å². The van der Waals surface area contributed by atoms with E-state index in [-0.39, 0.29) is 18.4 Å². The first kappa shape index (κ1) is 12.0. The normalized spacial score (nSPS) is 15.2. The van der Waals surface area contributed by atoms with Crippen LogP contribution in [0.3, 0.4) is 0 Å². The summed E-state index contributed by atoms with van der Waals surface area (Å²) in [5.41, 5.74) is 11.0. The van der Waals surface area contributed by atoms with Crippen molar-refractivity contribution < 1.29 is 4.79 Å². The number of nitrogens with one attached hydrogen (secondary N) is 1. The van der Waals surface area contributed by atoms with Crippen LogP contribution in [0.4, 0.5) is 0 Å². The van der Waals surface area contributed by atoms with E-state index in [0.717, 1.165) is 0 Å². The zero-order valence-corrected chi connectivity index (χ0v) is 8.55. The van der Waals surface area contributed by atoms with Crippen LogP contribution in [0.2, 0.25) is 0 Å². The minimum Gasteiger partial charge on any atom is -0.401 e. The summed E-state index contributed by atoms with van der Waals surface area (Å²) < 4.78 is 0. The maximum Gasteiger partial charge on any atom is 0.217 e. The van der Waals surface area contributed by atoms with Crippen LogP contribution < -0.4 is 16.8 Å². The minimum atomic E-state index is -0.675. The van der Waals surface area contributed by atoms with Gasteiger partial charge in [0.25, 0.3) is 0 Å². The number of hydrogen-bond donors (Lipinski definition) is 3. The van der Waals surface area contributed by atoms with Crippen molar-refractivity contribution in [1.29, 1.82) is 0 Å². The summed E-state index contributed by atoms with van der Waals surface area (Å²) in [6, 6.07) is 0. The molecule has 0 bridgehead atoms. The van der Waals surface area contributed by atoms with Crippen LogP contribution in [0.15, 0.2) is 12.3 Å². The van der Waals surface area contributed by atoms with E-state index >= 15 is 0 Å². The van der Waals surface area contributed by atoms with E-state index in [0.29, 0.717) is 5.70 Å². The van der Waals surface area contributed by atoms with Crippen molar-refractivity contribution in [3.63, 3.8) is 0 Å². The maximum absolute atomic E-state index is 11.0. The highest BCUT2D eigenvalue weighted by Crippen LogP contribution is 2.20. The summed E-state index contributed by atoms with van der Waals surface area (Å²) in [5, 5.41) is 2.75. The van der Waals surface area contributed by atoms with E-state index in [1.165, 1.54) is 6.92 Å². The third kappa shape index (κ3) is 2.45. The quantitative estimate of drug-likeness (QED) is 0.574. The summed E-state index contributed by atoms with van der Waals surface area (Å²) >= 11 is 0. The number of rotatable bonds is 4. The molecular formula is C9H19N3O. The van der Waals surface area contributed by atoms with E-state index in [2.05, 4.69) is 11.9 Å². The molecule has 1 atom stereocenters. The Hall–Kier alpha value is -1.03. The molecule has 0 saturated carbocycles. The Morgan fingerprint density at radius 2 is 2.08 bits per heavy atom. The zero-order chi connectivity index (χ0) is 10.6. The van der Waals surface area contributed by atoms with Crippen LogP contribution in [-0.4, -0.2) is 18.0 Å². The predicted molar refractivity (Wildman–Crippen MR) is 53.8 cm³/mol. The lowest BCUT2D eigenvalue weighted by atomic mass is 9.84. The summed E-state index contributed by atoms with van der Waals surface area (Å²) in [6.07, 6.45) is 0. The van der Waals surface area contributed by atoms with Crippen LogP contribution in [0, 0.1) is 5.92 Å². The Bertz CT molecular complexity index is 213. The second-order valence-corrected chi connectivity index (χ2v) is 3.54. The number of carbonyl (C=O) groups is 1. The molecule has 76 valence electrons. The summed E-state index contributed by atoms with van der Waals surface area (Å²) in [4.78, 5) is 11.0. The average molecular weight is 185 g/mol. The third-order valence-corrected chi connectivity index (χ3v) is 2.28. The van der Waals surface area contributed by atoms with Crippen LogP contribution >= 0.6 is 0 Å². The Labute approximate surface area is 79.4 Å². The van der Waals surface area contributed by atoms with Crippen molar-refractivity contribution in [2.24, 2.45) is 17.4 Å². The average Bonchev–Trinajstić information content (AvgIpc) is 1.98. The lowest BCUT2D eigenvalue weighted by Gasteiger charge is -2.37. The minimum absolute atomic E-state index is 0.124. The maximum atomic E-state index is 11.0. The Morgan fingerprint density at radius 1 is 1.62 bits per heavy atom. The molecule has 13 heavy (non-hydrogen) atoms. The van der Waals surface area contributed by atoms with E-state index in [9.17, 15) is 4.79 Å². The smallest absolute Gasteiger partial charge is 0.217 e. The van der Waals surface area contributed by atoms with E-state index in [1.54, 1.807) is 0 Å². The van der Waals surface area contributed by atoms with Crippen molar-refractivity contribution in [2.45, 2.75) is 26.3 Å². The second-order valence-electron chi connectivity index (χ2n) is 3.54. The SMILES string of the molecule is C=C(N)C(CN)(NC(C)=O)C(C)C. The molecule has 5 N–H and O–H groups in total. The van der Waals surface area contributed by atoms with Crippen molar-refractivity contribution in [1.82, 2.24) is 5.32 Å². The van der Waals surface area contributed by atoms with Gasteiger partial charge in [-0.15, -0.1) is 0 Å². The van der Waals surface area contributed by atoms with Crippen LogP contribution in [0.1, 0.15) is 20.8 Å². The molecule has 0 aromatic heterocycles. The fourth-order valence-electron chi connectivity index (χ4n) is 1.33. The molecule has 0 aromatic carbocycles. The third-order valence-electron chi connectivity index (χ3n) is 2.28. The summed E-state index contributed by atoms with van der Waals surface area (Å²) in [6.45, 7) is 9.25. The van der Waals surface area contributed by atoms with Gasteiger partial charge in [0.05, 0.1) is 5.54 Å². The fourth-order valence-corrected chi connectivity index (χ4v) is 1.33. The molecule has 0 heterocycles. The predicted octanol–water partition coefficient (Wildman–Crippen LogP) is -0.0516. The molecule has 4 heteroatoms. The molecule has 0 aliphatic heterocycles. The van der Waals surface area contributed by atoms with E-state index in [1.807, 2.05) is 13.8 Å². The van der Waals surface area contributed by atoms with Gasteiger partial charge < -0.3 is 16.8 Å². The van der Waals surface area contributed by atoms with E-state index in [4.69, 9.17) is 11.5 Å². The second kappa shape index (κ2) is 4.28. The van der Waals surface area contributed by atoms with Gasteiger partial charge in [0.1, 0.15) is 0 Å². The Balaban J connectivity index is 4.87. The van der Waals surface area contributed by atoms with Crippen molar-refractivity contribution in [2.75, 3.05) is 6.54 Å². The van der Waals surface area contributed by atoms with Gasteiger partial charge in [-0.05, 0) is 5.92 Å². The molecule has 0 fully saturated rings. The highest BCUT2D eigenvalue weighted by Gasteiger charge is 2.34. The summed E-state index contributed by atoms with van der Waals surface area (Å²) in [7, 11) is 0. The first-order chi connectivity index (χ1) is 5.86. The summed E-state index contributed by atoms with van der Waals surface area (Å²) in [5.74, 6) is -0.0235. The molecule has 0 rings (SSSR count). The Morgan fingerprint density at radius 3 is 2.15 bits per heavy atom. The highest BCUT2D eigenvalue weighted by molar-refractivity contribution is 5.74. The van der Waals surface area contributed by atoms with Gasteiger partial charge in [-0.2, -0.15) is 0 Å². The van der Waals surface area contributed by atoms with Crippen LogP contribution in [-0.2, 0) is 4.79 Å². The molecule has 0 aliphatic carbocycles. The lowest BCUT2D eigenvalue weighted by Crippen LogP contribution is -2.59. The zero-order valence-electron chi connectivity index (χ0n) is 8.55. The number of amides is 1. The first-order valence-electron chi connectivity index (χ1n) is 4.30. The number of nitrogens with two attached hydrogens (primary N) is 2. The standard InChI is InChI=1S/C9H19N3O/c1-6(2)9(5-10,7(3)11)12-8(4)13/h6H,3,5,10-11H2,1-2,4H3,(H,12,13). The van der Waals surface area contributed by atoms with Gasteiger partial charge in [0, 0.05) is 19.2 Å². The van der Waals surface area contributed by atoms with Gasteiger partial charge in [-0.25, -0.2) is 0 Å². The number of hydrogen-bond acceptors (Lipinski definition) is 3. The molecule has 0 spiro atoms. The molecule has 0 aromatic rings. The largest absolute Gasteiger partial charge is 0.401 e. The number of carbonyl (C=O) groups excluding carboxylic acids is 1. The molecule has 0 radical (unpaired) electrons. The molecule has 0 saturated heterocycles.